The summed E-state index contributed by atoms with van der Waals surface area (Å²) in [5.74, 6) is 0. The van der Waals surface area contributed by atoms with E-state index in [-0.39, 0.29) is 18.8 Å². The molecule has 0 bridgehead atoms. The van der Waals surface area contributed by atoms with E-state index in [9.17, 15) is 0 Å². The largest absolute Gasteiger partial charge is 0.459 e. The van der Waals surface area contributed by atoms with Crippen LogP contribution >= 0.6 is 11.6 Å². The van der Waals surface area contributed by atoms with Crippen LogP contribution in [0.15, 0.2) is 36.4 Å². The third-order valence-corrected chi connectivity index (χ3v) is 4.27. The number of aromatic amines is 1. The molecular weight excluding hydrogens is 330 g/mol. The van der Waals surface area contributed by atoms with Crippen LogP contribution in [0.1, 0.15) is 6.42 Å². The van der Waals surface area contributed by atoms with E-state index in [2.05, 4.69) is 15.0 Å². The van der Waals surface area contributed by atoms with Gasteiger partial charge in [-0.1, -0.05) is 41.9 Å². The summed E-state index contributed by atoms with van der Waals surface area (Å²) in [6.45, 7) is 0.434. The third-order valence-electron chi connectivity index (χ3n) is 3.98. The van der Waals surface area contributed by atoms with Crippen molar-refractivity contribution >= 4 is 22.8 Å². The molecule has 3 aromatic rings. The molecule has 0 amide bonds. The summed E-state index contributed by atoms with van der Waals surface area (Å²) >= 11 is 6.36. The van der Waals surface area contributed by atoms with Gasteiger partial charge in [-0.3, -0.25) is 0 Å². The fourth-order valence-corrected chi connectivity index (χ4v) is 3.05. The minimum Gasteiger partial charge on any atom is -0.459 e. The Morgan fingerprint density at radius 2 is 2.12 bits per heavy atom. The summed E-state index contributed by atoms with van der Waals surface area (Å²) in [6.07, 6.45) is 0.334. The normalized spacial score (nSPS) is 20.6. The van der Waals surface area contributed by atoms with Gasteiger partial charge in [-0.05, 0) is 6.07 Å². The van der Waals surface area contributed by atoms with Gasteiger partial charge >= 0.3 is 0 Å². The van der Waals surface area contributed by atoms with Crippen molar-refractivity contribution in [2.45, 2.75) is 18.6 Å². The summed E-state index contributed by atoms with van der Waals surface area (Å²) in [7, 11) is 0. The van der Waals surface area contributed by atoms with E-state index >= 15 is 0 Å². The number of pyridine rings is 1. The highest BCUT2D eigenvalue weighted by atomic mass is 35.5. The molecule has 4 rings (SSSR count). The van der Waals surface area contributed by atoms with E-state index in [4.69, 9.17) is 26.2 Å². The summed E-state index contributed by atoms with van der Waals surface area (Å²) in [4.78, 5) is 12.0. The van der Waals surface area contributed by atoms with Crippen LogP contribution in [0.4, 0.5) is 0 Å². The van der Waals surface area contributed by atoms with Crippen molar-refractivity contribution in [3.8, 4) is 17.3 Å². The van der Waals surface area contributed by atoms with Gasteiger partial charge < -0.3 is 19.6 Å². The monoisotopic (exact) mass is 345 g/mol. The molecule has 0 saturated carbocycles. The molecule has 0 spiro atoms. The number of nitrogens with one attached hydrogen (secondary N) is 1. The first-order valence-corrected chi connectivity index (χ1v) is 8.11. The molecule has 6 nitrogen and oxygen atoms in total. The number of rotatable bonds is 4. The van der Waals surface area contributed by atoms with Gasteiger partial charge in [-0.15, -0.1) is 0 Å². The molecule has 7 heteroatoms. The molecule has 1 aliphatic rings. The van der Waals surface area contributed by atoms with Crippen molar-refractivity contribution < 1.29 is 14.6 Å². The number of aliphatic hydroxyl groups is 1. The maximum atomic E-state index is 9.10. The lowest BCUT2D eigenvalue weighted by Gasteiger charge is -2.07. The zero-order valence-corrected chi connectivity index (χ0v) is 13.5. The van der Waals surface area contributed by atoms with Crippen LogP contribution in [0.25, 0.3) is 22.4 Å². The second-order valence-corrected chi connectivity index (χ2v) is 6.12. The molecule has 2 atom stereocenters. The summed E-state index contributed by atoms with van der Waals surface area (Å²) < 4.78 is 11.2. The van der Waals surface area contributed by atoms with Crippen molar-refractivity contribution in [1.82, 2.24) is 15.0 Å². The Kier molecular flexibility index (Phi) is 4.10. The van der Waals surface area contributed by atoms with E-state index in [1.807, 2.05) is 30.3 Å². The van der Waals surface area contributed by atoms with E-state index in [0.29, 0.717) is 40.9 Å². The van der Waals surface area contributed by atoms with Crippen molar-refractivity contribution in [3.05, 3.63) is 41.4 Å². The highest BCUT2D eigenvalue weighted by Gasteiger charge is 2.27. The number of fused-ring (bicyclic) bond motifs is 1. The Morgan fingerprint density at radius 3 is 2.88 bits per heavy atom. The van der Waals surface area contributed by atoms with Gasteiger partial charge in [0.2, 0.25) is 0 Å². The molecule has 1 fully saturated rings. The predicted octanol–water partition coefficient (Wildman–Crippen LogP) is 2.81. The van der Waals surface area contributed by atoms with Gasteiger partial charge in [0.15, 0.2) is 5.65 Å². The van der Waals surface area contributed by atoms with Crippen molar-refractivity contribution in [2.75, 3.05) is 13.2 Å². The maximum Gasteiger partial charge on any atom is 0.296 e. The van der Waals surface area contributed by atoms with E-state index in [0.717, 1.165) is 5.56 Å². The zero-order valence-electron chi connectivity index (χ0n) is 12.8. The van der Waals surface area contributed by atoms with Crippen molar-refractivity contribution in [2.24, 2.45) is 0 Å². The van der Waals surface area contributed by atoms with E-state index in [1.54, 1.807) is 6.07 Å². The van der Waals surface area contributed by atoms with Gasteiger partial charge in [0.25, 0.3) is 6.01 Å². The standard InChI is InChI=1S/C17H16ClN3O3/c18-13-7-14-16(20-15(13)10-4-2-1-3-5-10)21-17(19-14)24-12-6-11(8-22)23-9-12/h1-5,7,11-12,22H,6,8-9H2,(H,19,20,21)/t11-,12-/m0/s1. The van der Waals surface area contributed by atoms with Crippen LogP contribution in [0.2, 0.25) is 5.02 Å². The van der Waals surface area contributed by atoms with Gasteiger partial charge in [-0.2, -0.15) is 4.98 Å². The van der Waals surface area contributed by atoms with Crippen LogP contribution in [0.5, 0.6) is 6.01 Å². The number of imidazole rings is 1. The molecule has 2 N–H and O–H groups in total. The van der Waals surface area contributed by atoms with Crippen LogP contribution in [0, 0.1) is 0 Å². The van der Waals surface area contributed by atoms with Crippen molar-refractivity contribution in [3.63, 3.8) is 0 Å². The highest BCUT2D eigenvalue weighted by Crippen LogP contribution is 2.29. The van der Waals surface area contributed by atoms with Gasteiger partial charge in [0, 0.05) is 12.0 Å². The molecule has 24 heavy (non-hydrogen) atoms. The fraction of sp³-hybridized carbons (Fsp3) is 0.294. The predicted molar refractivity (Wildman–Crippen MR) is 90.2 cm³/mol. The molecule has 0 radical (unpaired) electrons. The topological polar surface area (TPSA) is 80.3 Å². The average molecular weight is 346 g/mol. The van der Waals surface area contributed by atoms with Gasteiger partial charge in [0.05, 0.1) is 35.6 Å². The van der Waals surface area contributed by atoms with Crippen LogP contribution in [-0.2, 0) is 4.74 Å². The molecule has 0 aliphatic carbocycles. The Bertz CT molecular complexity index is 853. The number of H-pyrrole nitrogens is 1. The molecule has 3 heterocycles. The first-order chi connectivity index (χ1) is 11.7. The second-order valence-electron chi connectivity index (χ2n) is 5.71. The highest BCUT2D eigenvalue weighted by molar-refractivity contribution is 6.33. The lowest BCUT2D eigenvalue weighted by atomic mass is 10.1. The number of halogens is 1. The zero-order chi connectivity index (χ0) is 16.5. The Labute approximate surface area is 143 Å². The number of hydrogen-bond acceptors (Lipinski definition) is 5. The molecule has 0 unspecified atom stereocenters. The van der Waals surface area contributed by atoms with Gasteiger partial charge in [-0.25, -0.2) is 4.98 Å². The lowest BCUT2D eigenvalue weighted by Crippen LogP contribution is -2.17. The smallest absolute Gasteiger partial charge is 0.296 e. The third kappa shape index (κ3) is 2.96. The lowest BCUT2D eigenvalue weighted by molar-refractivity contribution is 0.0528. The molecule has 2 aromatic heterocycles. The first-order valence-electron chi connectivity index (χ1n) is 7.73. The summed E-state index contributed by atoms with van der Waals surface area (Å²) in [6, 6.07) is 11.9. The summed E-state index contributed by atoms with van der Waals surface area (Å²) in [5, 5.41) is 9.65. The quantitative estimate of drug-likeness (QED) is 0.760. The van der Waals surface area contributed by atoms with Crippen LogP contribution in [-0.4, -0.2) is 45.5 Å². The average Bonchev–Trinajstić information content (AvgIpc) is 3.21. The van der Waals surface area contributed by atoms with E-state index < -0.39 is 0 Å². The Morgan fingerprint density at radius 1 is 1.29 bits per heavy atom. The minimum absolute atomic E-state index is 0.00239. The van der Waals surface area contributed by atoms with Crippen LogP contribution < -0.4 is 4.74 Å². The molecular formula is C17H16ClN3O3. The van der Waals surface area contributed by atoms with E-state index in [1.165, 1.54) is 0 Å². The Balaban J connectivity index is 1.62. The molecule has 1 saturated heterocycles. The molecule has 124 valence electrons. The number of ether oxygens (including phenoxy) is 2. The number of aliphatic hydroxyl groups excluding tert-OH is 1. The fourth-order valence-electron chi connectivity index (χ4n) is 2.79. The number of hydrogen-bond donors (Lipinski definition) is 2. The Hall–Kier alpha value is -2.15. The number of nitrogens with zero attached hydrogens (tertiary/aromatic N) is 2. The molecule has 1 aromatic carbocycles. The second kappa shape index (κ2) is 6.39. The molecule has 1 aliphatic heterocycles. The minimum atomic E-state index is -0.170. The number of aromatic nitrogens is 3. The number of benzene rings is 1. The summed E-state index contributed by atoms with van der Waals surface area (Å²) in [5.41, 5.74) is 2.88. The van der Waals surface area contributed by atoms with Crippen LogP contribution in [0.3, 0.4) is 0 Å². The first kappa shape index (κ1) is 15.4. The maximum absolute atomic E-state index is 9.10. The van der Waals surface area contributed by atoms with Gasteiger partial charge in [0.1, 0.15) is 6.10 Å². The SMILES string of the molecule is OC[C@@H]1C[C@H](Oc2nc3nc(-c4ccccc4)c(Cl)cc3[nH]2)CO1. The van der Waals surface area contributed by atoms with Crippen molar-refractivity contribution in [1.29, 1.82) is 0 Å².